The molecule has 3 rings (SSSR count). The summed E-state index contributed by atoms with van der Waals surface area (Å²) < 4.78 is 2.90. The Kier molecular flexibility index (Phi) is 3.62. The lowest BCUT2D eigenvalue weighted by atomic mass is 10.0. The Morgan fingerprint density at radius 1 is 1.47 bits per heavy atom. The first kappa shape index (κ1) is 13.1. The highest BCUT2D eigenvalue weighted by molar-refractivity contribution is 9.10. The van der Waals surface area contributed by atoms with Crippen LogP contribution < -0.4 is 5.73 Å². The lowest BCUT2D eigenvalue weighted by Gasteiger charge is -2.11. The van der Waals surface area contributed by atoms with Crippen LogP contribution in [0.5, 0.6) is 0 Å². The predicted molar refractivity (Wildman–Crippen MR) is 82.9 cm³/mol. The van der Waals surface area contributed by atoms with Crippen LogP contribution in [0.3, 0.4) is 0 Å². The molecule has 0 radical (unpaired) electrons. The fraction of sp³-hybridized carbons (Fsp3) is 0.154. The minimum absolute atomic E-state index is 0.102. The van der Waals surface area contributed by atoms with Crippen molar-refractivity contribution >= 4 is 43.8 Å². The standard InChI is InChI=1S/C13H11BrClN3S/c14-10-2-1-8(5-11(10)15)12(16)6-9-7-18-3-4-19-13(18)17-9/h1-5,7,12H,6,16H2. The van der Waals surface area contributed by atoms with Gasteiger partial charge in [-0.05, 0) is 33.6 Å². The second kappa shape index (κ2) is 5.25. The summed E-state index contributed by atoms with van der Waals surface area (Å²) in [4.78, 5) is 5.53. The molecule has 3 aromatic rings. The number of thiazole rings is 1. The van der Waals surface area contributed by atoms with E-state index in [-0.39, 0.29) is 6.04 Å². The van der Waals surface area contributed by atoms with Gasteiger partial charge in [-0.25, -0.2) is 4.98 Å². The lowest BCUT2D eigenvalue weighted by Crippen LogP contribution is -2.13. The molecular formula is C13H11BrClN3S. The molecule has 2 heterocycles. The van der Waals surface area contributed by atoms with Crippen molar-refractivity contribution in [1.29, 1.82) is 0 Å². The van der Waals surface area contributed by atoms with E-state index in [1.807, 2.05) is 40.4 Å². The first-order valence-electron chi connectivity index (χ1n) is 5.75. The molecule has 1 atom stereocenters. The van der Waals surface area contributed by atoms with E-state index in [0.29, 0.717) is 11.4 Å². The van der Waals surface area contributed by atoms with Gasteiger partial charge in [0.1, 0.15) is 0 Å². The molecule has 0 saturated heterocycles. The van der Waals surface area contributed by atoms with E-state index in [9.17, 15) is 0 Å². The van der Waals surface area contributed by atoms with Crippen LogP contribution in [0.2, 0.25) is 5.02 Å². The second-order valence-electron chi connectivity index (χ2n) is 4.31. The third-order valence-electron chi connectivity index (χ3n) is 2.94. The third-order valence-corrected chi connectivity index (χ3v) is 4.95. The first-order chi connectivity index (χ1) is 9.13. The molecule has 19 heavy (non-hydrogen) atoms. The quantitative estimate of drug-likeness (QED) is 0.769. The molecule has 3 nitrogen and oxygen atoms in total. The maximum Gasteiger partial charge on any atom is 0.193 e. The molecule has 2 aromatic heterocycles. The first-order valence-corrected chi connectivity index (χ1v) is 7.80. The van der Waals surface area contributed by atoms with Gasteiger partial charge in [0.25, 0.3) is 0 Å². The number of rotatable bonds is 3. The fourth-order valence-corrected chi connectivity index (χ4v) is 3.12. The second-order valence-corrected chi connectivity index (χ2v) is 6.44. The number of nitrogens with zero attached hydrogens (tertiary/aromatic N) is 2. The number of aromatic nitrogens is 2. The van der Waals surface area contributed by atoms with E-state index in [1.54, 1.807) is 11.3 Å². The van der Waals surface area contributed by atoms with Gasteiger partial charge in [0.05, 0.1) is 10.7 Å². The van der Waals surface area contributed by atoms with E-state index in [2.05, 4.69) is 20.9 Å². The smallest absolute Gasteiger partial charge is 0.193 e. The number of imidazole rings is 1. The highest BCUT2D eigenvalue weighted by atomic mass is 79.9. The average molecular weight is 357 g/mol. The van der Waals surface area contributed by atoms with Gasteiger partial charge in [0.2, 0.25) is 0 Å². The van der Waals surface area contributed by atoms with Gasteiger partial charge >= 0.3 is 0 Å². The summed E-state index contributed by atoms with van der Waals surface area (Å²) in [7, 11) is 0. The van der Waals surface area contributed by atoms with Crippen LogP contribution >= 0.6 is 38.9 Å². The third kappa shape index (κ3) is 2.69. The highest BCUT2D eigenvalue weighted by Gasteiger charge is 2.11. The van der Waals surface area contributed by atoms with Gasteiger partial charge in [-0.3, -0.25) is 4.40 Å². The minimum atomic E-state index is -0.102. The molecule has 98 valence electrons. The topological polar surface area (TPSA) is 43.3 Å². The van der Waals surface area contributed by atoms with Crippen molar-refractivity contribution in [1.82, 2.24) is 9.38 Å². The summed E-state index contributed by atoms with van der Waals surface area (Å²) in [6.45, 7) is 0. The minimum Gasteiger partial charge on any atom is -0.324 e. The van der Waals surface area contributed by atoms with Crippen LogP contribution in [0.25, 0.3) is 4.96 Å². The van der Waals surface area contributed by atoms with Crippen molar-refractivity contribution in [3.05, 3.63) is 56.7 Å². The molecule has 0 fully saturated rings. The SMILES string of the molecule is NC(Cc1cn2ccsc2n1)c1ccc(Br)c(Cl)c1. The Balaban J connectivity index is 1.82. The summed E-state index contributed by atoms with van der Waals surface area (Å²) in [5.41, 5.74) is 8.23. The number of hydrogen-bond acceptors (Lipinski definition) is 3. The summed E-state index contributed by atoms with van der Waals surface area (Å²) >= 11 is 11.1. The lowest BCUT2D eigenvalue weighted by molar-refractivity contribution is 0.710. The van der Waals surface area contributed by atoms with Crippen molar-refractivity contribution in [3.63, 3.8) is 0 Å². The fourth-order valence-electron chi connectivity index (χ4n) is 1.96. The zero-order chi connectivity index (χ0) is 13.4. The number of benzene rings is 1. The van der Waals surface area contributed by atoms with Crippen molar-refractivity contribution in [2.24, 2.45) is 5.73 Å². The van der Waals surface area contributed by atoms with Crippen LogP contribution in [0, 0.1) is 0 Å². The maximum atomic E-state index is 6.22. The zero-order valence-corrected chi connectivity index (χ0v) is 13.0. The highest BCUT2D eigenvalue weighted by Crippen LogP contribution is 2.26. The molecule has 1 unspecified atom stereocenters. The van der Waals surface area contributed by atoms with Crippen LogP contribution in [0.4, 0.5) is 0 Å². The van der Waals surface area contributed by atoms with Crippen molar-refractivity contribution < 1.29 is 0 Å². The monoisotopic (exact) mass is 355 g/mol. The van der Waals surface area contributed by atoms with Crippen LogP contribution in [0.1, 0.15) is 17.3 Å². The van der Waals surface area contributed by atoms with Crippen LogP contribution in [-0.2, 0) is 6.42 Å². The Morgan fingerprint density at radius 2 is 2.32 bits per heavy atom. The maximum absolute atomic E-state index is 6.22. The summed E-state index contributed by atoms with van der Waals surface area (Å²) in [6, 6.07) is 5.70. The molecule has 0 aliphatic rings. The van der Waals surface area contributed by atoms with E-state index < -0.39 is 0 Å². The molecule has 0 spiro atoms. The van der Waals surface area contributed by atoms with Gasteiger partial charge in [0.15, 0.2) is 4.96 Å². The molecule has 0 aliphatic carbocycles. The summed E-state index contributed by atoms with van der Waals surface area (Å²) in [5.74, 6) is 0. The largest absolute Gasteiger partial charge is 0.324 e. The van der Waals surface area contributed by atoms with Crippen LogP contribution in [-0.4, -0.2) is 9.38 Å². The van der Waals surface area contributed by atoms with E-state index in [1.165, 1.54) is 0 Å². The van der Waals surface area contributed by atoms with Crippen molar-refractivity contribution in [2.45, 2.75) is 12.5 Å². The summed E-state index contributed by atoms with van der Waals surface area (Å²) in [6.07, 6.45) is 4.72. The number of nitrogens with two attached hydrogens (primary N) is 1. The zero-order valence-electron chi connectivity index (χ0n) is 9.88. The average Bonchev–Trinajstić information content (AvgIpc) is 2.93. The van der Waals surface area contributed by atoms with Gasteiger partial charge in [-0.15, -0.1) is 11.3 Å². The van der Waals surface area contributed by atoms with E-state index in [4.69, 9.17) is 17.3 Å². The van der Waals surface area contributed by atoms with E-state index in [0.717, 1.165) is 20.7 Å². The van der Waals surface area contributed by atoms with Crippen LogP contribution in [0.15, 0.2) is 40.4 Å². The van der Waals surface area contributed by atoms with Gasteiger partial charge in [0, 0.05) is 34.7 Å². The van der Waals surface area contributed by atoms with Gasteiger partial charge in [-0.1, -0.05) is 17.7 Å². The Bertz CT molecular complexity index is 693. The molecule has 0 aliphatic heterocycles. The van der Waals surface area contributed by atoms with E-state index >= 15 is 0 Å². The summed E-state index contributed by atoms with van der Waals surface area (Å²) in [5, 5.41) is 2.69. The Labute approximate surface area is 128 Å². The molecule has 6 heteroatoms. The molecule has 0 saturated carbocycles. The Hall–Kier alpha value is -0.880. The van der Waals surface area contributed by atoms with Gasteiger partial charge < -0.3 is 5.73 Å². The molecule has 0 amide bonds. The normalized spacial score (nSPS) is 13.0. The molecule has 1 aromatic carbocycles. The Morgan fingerprint density at radius 3 is 3.05 bits per heavy atom. The van der Waals surface area contributed by atoms with Gasteiger partial charge in [-0.2, -0.15) is 0 Å². The number of halogens is 2. The van der Waals surface area contributed by atoms with Crippen molar-refractivity contribution in [2.75, 3.05) is 0 Å². The number of fused-ring (bicyclic) bond motifs is 1. The predicted octanol–water partition coefficient (Wildman–Crippen LogP) is 4.05. The molecule has 0 bridgehead atoms. The van der Waals surface area contributed by atoms with Crippen molar-refractivity contribution in [3.8, 4) is 0 Å². The number of hydrogen-bond donors (Lipinski definition) is 1. The molecule has 2 N–H and O–H groups in total. The molecular weight excluding hydrogens is 346 g/mol.